The Kier molecular flexibility index (Phi) is 5.49. The third kappa shape index (κ3) is 4.31. The average molecular weight is 367 g/mol. The maximum Gasteiger partial charge on any atom is 0.329 e. The molecule has 140 valence electrons. The summed E-state index contributed by atoms with van der Waals surface area (Å²) in [5.41, 5.74) is -0.0706. The van der Waals surface area contributed by atoms with Gasteiger partial charge in [0.2, 0.25) is 0 Å². The van der Waals surface area contributed by atoms with E-state index >= 15 is 0 Å². The smallest absolute Gasteiger partial charge is 0.329 e. The number of carbonyl (C=O) groups is 3. The van der Waals surface area contributed by atoms with Crippen molar-refractivity contribution < 1.29 is 19.5 Å². The molecular weight excluding hydrogens is 346 g/mol. The number of nitrogens with zero attached hydrogens (tertiary/aromatic N) is 1. The van der Waals surface area contributed by atoms with E-state index in [0.29, 0.717) is 29.7 Å². The van der Waals surface area contributed by atoms with Crippen LogP contribution in [0.4, 0.5) is 5.69 Å². The molecule has 1 aliphatic carbocycles. The normalized spacial score (nSPS) is 15.6. The molecule has 0 radical (unpaired) electrons. The number of pyridine rings is 1. The van der Waals surface area contributed by atoms with Crippen LogP contribution in [0.5, 0.6) is 0 Å². The number of hydrogen-bond donors (Lipinski definition) is 3. The summed E-state index contributed by atoms with van der Waals surface area (Å²) in [6, 6.07) is 9.73. The zero-order valence-electron chi connectivity index (χ0n) is 14.8. The van der Waals surface area contributed by atoms with Gasteiger partial charge in [-0.25, -0.2) is 4.79 Å². The van der Waals surface area contributed by atoms with E-state index in [-0.39, 0.29) is 5.91 Å². The van der Waals surface area contributed by atoms with Crippen LogP contribution in [-0.4, -0.2) is 33.4 Å². The number of benzene rings is 1. The molecule has 1 aliphatic rings. The molecule has 7 heteroatoms. The monoisotopic (exact) mass is 367 g/mol. The number of carboxylic acid groups (broad SMARTS) is 1. The van der Waals surface area contributed by atoms with Crippen molar-refractivity contribution in [3.63, 3.8) is 0 Å². The second-order valence-electron chi connectivity index (χ2n) is 6.68. The summed E-state index contributed by atoms with van der Waals surface area (Å²) >= 11 is 0. The first-order valence-electron chi connectivity index (χ1n) is 8.87. The molecule has 0 saturated heterocycles. The van der Waals surface area contributed by atoms with Crippen molar-refractivity contribution in [3.05, 3.63) is 59.9 Å². The first kappa shape index (κ1) is 18.6. The highest BCUT2D eigenvalue weighted by Crippen LogP contribution is 2.29. The van der Waals surface area contributed by atoms with Gasteiger partial charge in [-0.05, 0) is 43.2 Å². The Labute approximate surface area is 156 Å². The first-order valence-corrected chi connectivity index (χ1v) is 8.87. The molecule has 3 N–H and O–H groups in total. The van der Waals surface area contributed by atoms with E-state index in [1.165, 1.54) is 12.3 Å². The van der Waals surface area contributed by atoms with Crippen LogP contribution in [-0.2, 0) is 4.79 Å². The minimum absolute atomic E-state index is 0.296. The SMILES string of the molecule is O=C(Nc1cccc(C(=O)NC2(C(=O)O)CCCCC2)c1)c1cccnc1. The second kappa shape index (κ2) is 7.99. The zero-order chi connectivity index (χ0) is 19.3. The van der Waals surface area contributed by atoms with Crippen molar-refractivity contribution in [2.75, 3.05) is 5.32 Å². The van der Waals surface area contributed by atoms with Gasteiger partial charge in [0.15, 0.2) is 0 Å². The van der Waals surface area contributed by atoms with Gasteiger partial charge in [0.1, 0.15) is 5.54 Å². The van der Waals surface area contributed by atoms with Gasteiger partial charge in [0.05, 0.1) is 5.56 Å². The highest BCUT2D eigenvalue weighted by Gasteiger charge is 2.41. The molecule has 7 nitrogen and oxygen atoms in total. The number of hydrogen-bond acceptors (Lipinski definition) is 4. The fourth-order valence-corrected chi connectivity index (χ4v) is 3.28. The van der Waals surface area contributed by atoms with Crippen LogP contribution in [0.2, 0.25) is 0 Å². The summed E-state index contributed by atoms with van der Waals surface area (Å²) in [7, 11) is 0. The minimum Gasteiger partial charge on any atom is -0.480 e. The van der Waals surface area contributed by atoms with E-state index in [9.17, 15) is 19.5 Å². The molecule has 0 spiro atoms. The van der Waals surface area contributed by atoms with Crippen LogP contribution in [0.3, 0.4) is 0 Å². The Hall–Kier alpha value is -3.22. The summed E-state index contributed by atoms with van der Waals surface area (Å²) in [6.07, 6.45) is 6.39. The number of rotatable bonds is 5. The van der Waals surface area contributed by atoms with E-state index < -0.39 is 17.4 Å². The second-order valence-corrected chi connectivity index (χ2v) is 6.68. The molecular formula is C20H21N3O4. The van der Waals surface area contributed by atoms with Crippen molar-refractivity contribution in [2.24, 2.45) is 0 Å². The number of anilines is 1. The maximum atomic E-state index is 12.6. The van der Waals surface area contributed by atoms with Crippen LogP contribution in [0.1, 0.15) is 52.8 Å². The Balaban J connectivity index is 1.73. The Morgan fingerprint density at radius 2 is 1.70 bits per heavy atom. The summed E-state index contributed by atoms with van der Waals surface area (Å²) in [4.78, 5) is 40.5. The van der Waals surface area contributed by atoms with Gasteiger partial charge in [-0.1, -0.05) is 25.3 Å². The zero-order valence-corrected chi connectivity index (χ0v) is 14.8. The molecule has 1 fully saturated rings. The summed E-state index contributed by atoms with van der Waals surface area (Å²) in [6.45, 7) is 0. The lowest BCUT2D eigenvalue weighted by Crippen LogP contribution is -2.55. The molecule has 2 aromatic rings. The number of carboxylic acids is 1. The highest BCUT2D eigenvalue weighted by molar-refractivity contribution is 6.05. The van der Waals surface area contributed by atoms with Crippen LogP contribution in [0.25, 0.3) is 0 Å². The van der Waals surface area contributed by atoms with E-state index in [1.807, 2.05) is 0 Å². The summed E-state index contributed by atoms with van der Waals surface area (Å²) in [5, 5.41) is 15.0. The lowest BCUT2D eigenvalue weighted by molar-refractivity contribution is -0.145. The topological polar surface area (TPSA) is 108 Å². The first-order chi connectivity index (χ1) is 13.0. The van der Waals surface area contributed by atoms with Crippen molar-refractivity contribution in [3.8, 4) is 0 Å². The molecule has 0 unspecified atom stereocenters. The van der Waals surface area contributed by atoms with Gasteiger partial charge in [0, 0.05) is 23.6 Å². The van der Waals surface area contributed by atoms with Gasteiger partial charge in [-0.15, -0.1) is 0 Å². The van der Waals surface area contributed by atoms with E-state index in [4.69, 9.17) is 0 Å². The fourth-order valence-electron chi connectivity index (χ4n) is 3.28. The Morgan fingerprint density at radius 1 is 0.963 bits per heavy atom. The molecule has 3 rings (SSSR count). The number of aromatic nitrogens is 1. The molecule has 1 aromatic carbocycles. The van der Waals surface area contributed by atoms with Gasteiger partial charge in [0.25, 0.3) is 11.8 Å². The van der Waals surface area contributed by atoms with Gasteiger partial charge in [-0.2, -0.15) is 0 Å². The van der Waals surface area contributed by atoms with Crippen molar-refractivity contribution >= 4 is 23.5 Å². The van der Waals surface area contributed by atoms with Crippen LogP contribution < -0.4 is 10.6 Å². The minimum atomic E-state index is -1.22. The van der Waals surface area contributed by atoms with Crippen molar-refractivity contribution in [2.45, 2.75) is 37.6 Å². The number of carbonyl (C=O) groups excluding carboxylic acids is 2. The predicted octanol–water partition coefficient (Wildman–Crippen LogP) is 2.85. The third-order valence-corrected chi connectivity index (χ3v) is 4.78. The molecule has 0 aliphatic heterocycles. The molecule has 0 atom stereocenters. The van der Waals surface area contributed by atoms with Crippen molar-refractivity contribution in [1.29, 1.82) is 0 Å². The lowest BCUT2D eigenvalue weighted by atomic mass is 9.81. The number of aliphatic carboxylic acids is 1. The van der Waals surface area contributed by atoms with Crippen LogP contribution in [0, 0.1) is 0 Å². The van der Waals surface area contributed by atoms with Gasteiger partial charge < -0.3 is 15.7 Å². The molecule has 2 amide bonds. The summed E-state index contributed by atoms with van der Waals surface area (Å²) < 4.78 is 0. The summed E-state index contributed by atoms with van der Waals surface area (Å²) in [5.74, 6) is -1.80. The number of nitrogens with one attached hydrogen (secondary N) is 2. The van der Waals surface area contributed by atoms with Gasteiger partial charge >= 0.3 is 5.97 Å². The molecule has 0 bridgehead atoms. The van der Waals surface area contributed by atoms with E-state index in [0.717, 1.165) is 19.3 Å². The Bertz CT molecular complexity index is 845. The standard InChI is InChI=1S/C20H21N3O4/c24-17(15-7-5-11-21-13-15)22-16-8-4-6-14(12-16)18(25)23-20(19(26)27)9-2-1-3-10-20/h4-8,11-13H,1-3,9-10H2,(H,22,24)(H,23,25)(H,26,27). The molecule has 1 heterocycles. The van der Waals surface area contributed by atoms with E-state index in [2.05, 4.69) is 15.6 Å². The van der Waals surface area contributed by atoms with Crippen LogP contribution >= 0.6 is 0 Å². The third-order valence-electron chi connectivity index (χ3n) is 4.78. The predicted molar refractivity (Wildman–Crippen MR) is 99.6 cm³/mol. The van der Waals surface area contributed by atoms with Crippen LogP contribution in [0.15, 0.2) is 48.8 Å². The highest BCUT2D eigenvalue weighted by atomic mass is 16.4. The fraction of sp³-hybridized carbons (Fsp3) is 0.300. The lowest BCUT2D eigenvalue weighted by Gasteiger charge is -2.34. The molecule has 1 saturated carbocycles. The quantitative estimate of drug-likeness (QED) is 0.753. The number of amides is 2. The van der Waals surface area contributed by atoms with E-state index in [1.54, 1.807) is 36.5 Å². The Morgan fingerprint density at radius 3 is 2.37 bits per heavy atom. The molecule has 1 aromatic heterocycles. The van der Waals surface area contributed by atoms with Gasteiger partial charge in [-0.3, -0.25) is 14.6 Å². The molecule has 27 heavy (non-hydrogen) atoms. The van der Waals surface area contributed by atoms with Crippen molar-refractivity contribution in [1.82, 2.24) is 10.3 Å². The average Bonchev–Trinajstić information content (AvgIpc) is 2.69. The largest absolute Gasteiger partial charge is 0.480 e. The maximum absolute atomic E-state index is 12.6.